The number of aryl methyl sites for hydroxylation is 2. The molecule has 0 saturated carbocycles. The molecule has 3 nitrogen and oxygen atoms in total. The van der Waals surface area contributed by atoms with Crippen molar-refractivity contribution in [1.29, 1.82) is 0 Å². The maximum atomic E-state index is 3.72. The second-order valence-electron chi connectivity index (χ2n) is 12.0. The Morgan fingerprint density at radius 1 is 0.457 bits per heavy atom. The van der Waals surface area contributed by atoms with Crippen LogP contribution in [0.5, 0.6) is 0 Å². The van der Waals surface area contributed by atoms with Gasteiger partial charge in [-0.1, -0.05) is 84.9 Å². The summed E-state index contributed by atoms with van der Waals surface area (Å²) in [6.45, 7) is 5.10. The lowest BCUT2D eigenvalue weighted by molar-refractivity contribution is 0.828. The van der Waals surface area contributed by atoms with Gasteiger partial charge in [-0.2, -0.15) is 0 Å². The first-order valence-electron chi connectivity index (χ1n) is 16.1. The van der Waals surface area contributed by atoms with Crippen LogP contribution in [-0.2, 0) is 0 Å². The third kappa shape index (κ3) is 6.31. The highest BCUT2D eigenvalue weighted by Crippen LogP contribution is 2.37. The largest absolute Gasteiger partial charge is 0.381 e. The van der Waals surface area contributed by atoms with Crippen LogP contribution in [0.1, 0.15) is 29.5 Å². The predicted molar refractivity (Wildman–Crippen MR) is 195 cm³/mol. The number of hydrogen-bond acceptors (Lipinski definition) is 3. The Bertz CT molecular complexity index is 1950. The molecule has 0 radical (unpaired) electrons. The van der Waals surface area contributed by atoms with Crippen molar-refractivity contribution in [1.82, 2.24) is 5.32 Å². The van der Waals surface area contributed by atoms with Gasteiger partial charge in [-0.15, -0.1) is 0 Å². The van der Waals surface area contributed by atoms with Crippen LogP contribution >= 0.6 is 0 Å². The minimum Gasteiger partial charge on any atom is -0.381 e. The average molecular weight is 598 g/mol. The summed E-state index contributed by atoms with van der Waals surface area (Å²) in [5, 5.41) is 3.72. The minimum absolute atomic E-state index is 0.804. The highest BCUT2D eigenvalue weighted by Gasteiger charge is 2.20. The van der Waals surface area contributed by atoms with Gasteiger partial charge in [0.25, 0.3) is 0 Å². The number of anilines is 5. The molecule has 5 aromatic rings. The molecule has 226 valence electrons. The van der Waals surface area contributed by atoms with Gasteiger partial charge in [-0.05, 0) is 127 Å². The van der Waals surface area contributed by atoms with E-state index in [-0.39, 0.29) is 0 Å². The van der Waals surface area contributed by atoms with Crippen LogP contribution in [0.15, 0.2) is 175 Å². The van der Waals surface area contributed by atoms with E-state index >= 15 is 0 Å². The van der Waals surface area contributed by atoms with Crippen molar-refractivity contribution in [3.05, 3.63) is 191 Å². The number of hydrogen-bond donors (Lipinski definition) is 1. The molecule has 46 heavy (non-hydrogen) atoms. The molecule has 0 bridgehead atoms. The fourth-order valence-electron chi connectivity index (χ4n) is 6.39. The number of nitrogens with zero attached hydrogens (tertiary/aromatic N) is 2. The van der Waals surface area contributed by atoms with Crippen LogP contribution in [0.2, 0.25) is 0 Å². The Labute approximate surface area is 273 Å². The molecular weight excluding hydrogens is 558 g/mol. The van der Waals surface area contributed by atoms with E-state index in [4.69, 9.17) is 0 Å². The summed E-state index contributed by atoms with van der Waals surface area (Å²) in [6, 6.07) is 47.6. The molecule has 1 heterocycles. The quantitative estimate of drug-likeness (QED) is 0.192. The smallest absolute Gasteiger partial charge is 0.0464 e. The fourth-order valence-corrected chi connectivity index (χ4v) is 6.39. The van der Waals surface area contributed by atoms with Crippen molar-refractivity contribution >= 4 is 34.0 Å². The number of nitrogens with one attached hydrogen (secondary N) is 1. The average Bonchev–Trinajstić information content (AvgIpc) is 3.10. The molecule has 1 aliphatic heterocycles. The van der Waals surface area contributed by atoms with Crippen LogP contribution in [0.25, 0.3) is 5.57 Å². The minimum atomic E-state index is 0.804. The molecule has 1 N–H and O–H groups in total. The topological polar surface area (TPSA) is 18.5 Å². The van der Waals surface area contributed by atoms with Gasteiger partial charge >= 0.3 is 0 Å². The molecule has 0 atom stereocenters. The Balaban J connectivity index is 1.12. The van der Waals surface area contributed by atoms with Gasteiger partial charge in [-0.25, -0.2) is 0 Å². The van der Waals surface area contributed by atoms with Gasteiger partial charge in [0.1, 0.15) is 0 Å². The number of allylic oxidation sites excluding steroid dienone is 6. The first-order chi connectivity index (χ1) is 22.6. The third-order valence-electron chi connectivity index (χ3n) is 8.73. The van der Waals surface area contributed by atoms with Crippen LogP contribution in [0.3, 0.4) is 0 Å². The standard InChI is InChI=1S/C43H39N3/c1-32-11-9-17-41(29-32)45(37-13-5-3-6-14-37)39-24-19-34(20-25-39)36-23-28-43(44-31-36)35-21-26-40(27-22-35)46(38-15-7-4-8-16-38)42-18-10-12-33(2)30-42/h3-21,23-26,28-30,44H,22,27,31H2,1-2H3. The summed E-state index contributed by atoms with van der Waals surface area (Å²) >= 11 is 0. The molecule has 1 aliphatic carbocycles. The first-order valence-corrected chi connectivity index (χ1v) is 16.1. The Kier molecular flexibility index (Phi) is 8.38. The van der Waals surface area contributed by atoms with E-state index in [2.05, 4.69) is 187 Å². The van der Waals surface area contributed by atoms with E-state index < -0.39 is 0 Å². The number of dihydropyridines is 1. The highest BCUT2D eigenvalue weighted by atomic mass is 15.2. The molecule has 2 aliphatic rings. The lowest BCUT2D eigenvalue weighted by Crippen LogP contribution is -2.23. The zero-order valence-corrected chi connectivity index (χ0v) is 26.5. The van der Waals surface area contributed by atoms with Crippen LogP contribution < -0.4 is 15.1 Å². The molecule has 0 saturated heterocycles. The summed E-state index contributed by atoms with van der Waals surface area (Å²) in [6.07, 6.45) is 11.1. The fraction of sp³-hybridized carbons (Fsp3) is 0.116. The second kappa shape index (κ2) is 13.2. The van der Waals surface area contributed by atoms with E-state index in [0.29, 0.717) is 0 Å². The molecule has 0 unspecified atom stereocenters. The monoisotopic (exact) mass is 597 g/mol. The summed E-state index contributed by atoms with van der Waals surface area (Å²) in [7, 11) is 0. The molecular formula is C43H39N3. The SMILES string of the molecule is Cc1cccc(N(C2=CC=C(C3=CC=C(c4ccc(N(c5ccccc5)c5cccc(C)c5)cc4)CN3)CC2)c2ccccc2)c1. The van der Waals surface area contributed by atoms with Gasteiger partial charge < -0.3 is 15.1 Å². The Hall–Kier alpha value is -5.54. The first kappa shape index (κ1) is 29.2. The molecule has 3 heteroatoms. The summed E-state index contributed by atoms with van der Waals surface area (Å²) in [4.78, 5) is 4.71. The van der Waals surface area contributed by atoms with Crippen molar-refractivity contribution in [3.63, 3.8) is 0 Å². The summed E-state index contributed by atoms with van der Waals surface area (Å²) in [5.41, 5.74) is 14.8. The van der Waals surface area contributed by atoms with Crippen molar-refractivity contribution in [3.8, 4) is 0 Å². The van der Waals surface area contributed by atoms with Crippen molar-refractivity contribution in [2.75, 3.05) is 16.3 Å². The molecule has 0 amide bonds. The lowest BCUT2D eigenvalue weighted by atomic mass is 9.95. The van der Waals surface area contributed by atoms with Crippen molar-refractivity contribution in [2.24, 2.45) is 0 Å². The van der Waals surface area contributed by atoms with E-state index in [1.807, 2.05) is 0 Å². The van der Waals surface area contributed by atoms with Gasteiger partial charge in [0.05, 0.1) is 0 Å². The van der Waals surface area contributed by atoms with E-state index in [9.17, 15) is 0 Å². The summed E-state index contributed by atoms with van der Waals surface area (Å²) in [5.74, 6) is 0. The molecule has 5 aromatic carbocycles. The van der Waals surface area contributed by atoms with Crippen LogP contribution in [0.4, 0.5) is 28.4 Å². The predicted octanol–water partition coefficient (Wildman–Crippen LogP) is 11.1. The third-order valence-corrected chi connectivity index (χ3v) is 8.73. The Morgan fingerprint density at radius 3 is 1.54 bits per heavy atom. The maximum Gasteiger partial charge on any atom is 0.0464 e. The maximum absolute atomic E-state index is 3.72. The van der Waals surface area contributed by atoms with Gasteiger partial charge in [0, 0.05) is 46.4 Å². The van der Waals surface area contributed by atoms with E-state index in [1.165, 1.54) is 50.6 Å². The van der Waals surface area contributed by atoms with Crippen molar-refractivity contribution in [2.45, 2.75) is 26.7 Å². The molecule has 0 fully saturated rings. The van der Waals surface area contributed by atoms with Crippen molar-refractivity contribution < 1.29 is 0 Å². The number of benzene rings is 5. The van der Waals surface area contributed by atoms with E-state index in [1.54, 1.807) is 0 Å². The number of rotatable bonds is 8. The number of para-hydroxylation sites is 2. The molecule has 7 rings (SSSR count). The van der Waals surface area contributed by atoms with Crippen LogP contribution in [-0.4, -0.2) is 6.54 Å². The normalized spacial score (nSPS) is 14.3. The van der Waals surface area contributed by atoms with Gasteiger partial charge in [0.2, 0.25) is 0 Å². The van der Waals surface area contributed by atoms with Gasteiger partial charge in [0.15, 0.2) is 0 Å². The van der Waals surface area contributed by atoms with E-state index in [0.717, 1.165) is 36.4 Å². The lowest BCUT2D eigenvalue weighted by Gasteiger charge is -2.31. The Morgan fingerprint density at radius 2 is 1.00 bits per heavy atom. The highest BCUT2D eigenvalue weighted by molar-refractivity contribution is 5.79. The van der Waals surface area contributed by atoms with Crippen LogP contribution in [0, 0.1) is 13.8 Å². The summed E-state index contributed by atoms with van der Waals surface area (Å²) < 4.78 is 0. The van der Waals surface area contributed by atoms with Gasteiger partial charge in [-0.3, -0.25) is 0 Å². The zero-order valence-electron chi connectivity index (χ0n) is 26.5. The molecule has 0 spiro atoms. The molecule has 0 aromatic heterocycles. The second-order valence-corrected chi connectivity index (χ2v) is 12.0. The zero-order chi connectivity index (χ0) is 31.3.